The highest BCUT2D eigenvalue weighted by molar-refractivity contribution is 9.09. The van der Waals surface area contributed by atoms with E-state index in [1.165, 1.54) is 25.7 Å². The highest BCUT2D eigenvalue weighted by Gasteiger charge is 2.25. The lowest BCUT2D eigenvalue weighted by atomic mass is 10.1. The second-order valence-electron chi connectivity index (χ2n) is 4.77. The van der Waals surface area contributed by atoms with Gasteiger partial charge in [0.25, 0.3) is 5.91 Å². The van der Waals surface area contributed by atoms with Crippen molar-refractivity contribution in [3.05, 3.63) is 29.6 Å². The topological polar surface area (TPSA) is 38.3 Å². The van der Waals surface area contributed by atoms with Crippen molar-refractivity contribution in [3.8, 4) is 5.75 Å². The maximum Gasteiger partial charge on any atom is 0.251 e. The van der Waals surface area contributed by atoms with Gasteiger partial charge < -0.3 is 10.1 Å². The Morgan fingerprint density at radius 1 is 1.53 bits per heavy atom. The summed E-state index contributed by atoms with van der Waals surface area (Å²) in [6.45, 7) is 0.627. The van der Waals surface area contributed by atoms with Gasteiger partial charge in [0.15, 0.2) is 11.6 Å². The lowest BCUT2D eigenvalue weighted by Gasteiger charge is -2.14. The second kappa shape index (κ2) is 6.37. The van der Waals surface area contributed by atoms with Crippen LogP contribution < -0.4 is 10.1 Å². The van der Waals surface area contributed by atoms with E-state index in [1.807, 2.05) is 0 Å². The number of benzene rings is 1. The Hall–Kier alpha value is -1.10. The molecule has 0 heterocycles. The zero-order valence-electron chi connectivity index (χ0n) is 10.8. The zero-order valence-corrected chi connectivity index (χ0v) is 12.4. The summed E-state index contributed by atoms with van der Waals surface area (Å²) < 4.78 is 18.3. The second-order valence-corrected chi connectivity index (χ2v) is 5.94. The molecule has 2 unspecified atom stereocenters. The molecule has 2 rings (SSSR count). The normalized spacial score (nSPS) is 22.3. The first kappa shape index (κ1) is 14.3. The van der Waals surface area contributed by atoms with E-state index in [4.69, 9.17) is 4.74 Å². The summed E-state index contributed by atoms with van der Waals surface area (Å²) in [4.78, 5) is 12.4. The van der Waals surface area contributed by atoms with Gasteiger partial charge in [-0.05, 0) is 37.0 Å². The standard InChI is InChI=1S/C14H17BrFNO2/c1-19-13-6-5-9(7-12(13)16)14(18)17-8-10-3-2-4-11(10)15/h5-7,10-11H,2-4,8H2,1H3,(H,17,18). The maximum atomic E-state index is 13.5. The molecule has 1 N–H and O–H groups in total. The number of amides is 1. The van der Waals surface area contributed by atoms with Crippen molar-refractivity contribution in [2.75, 3.05) is 13.7 Å². The predicted octanol–water partition coefficient (Wildman–Crippen LogP) is 3.13. The van der Waals surface area contributed by atoms with Crippen LogP contribution in [0.15, 0.2) is 18.2 Å². The Morgan fingerprint density at radius 3 is 2.89 bits per heavy atom. The molecule has 1 aromatic rings. The van der Waals surface area contributed by atoms with Gasteiger partial charge in [-0.15, -0.1) is 0 Å². The number of rotatable bonds is 4. The van der Waals surface area contributed by atoms with E-state index in [-0.39, 0.29) is 11.7 Å². The Morgan fingerprint density at radius 2 is 2.32 bits per heavy atom. The van der Waals surface area contributed by atoms with Crippen LogP contribution in [0.4, 0.5) is 4.39 Å². The third-order valence-electron chi connectivity index (χ3n) is 3.51. The van der Waals surface area contributed by atoms with Gasteiger partial charge in [0.2, 0.25) is 0 Å². The fraction of sp³-hybridized carbons (Fsp3) is 0.500. The molecule has 1 saturated carbocycles. The van der Waals surface area contributed by atoms with Crippen LogP contribution in [0.2, 0.25) is 0 Å². The van der Waals surface area contributed by atoms with Crippen molar-refractivity contribution in [2.24, 2.45) is 5.92 Å². The Bertz CT molecular complexity index is 467. The van der Waals surface area contributed by atoms with Crippen LogP contribution in [0, 0.1) is 11.7 Å². The minimum Gasteiger partial charge on any atom is -0.494 e. The summed E-state index contributed by atoms with van der Waals surface area (Å²) in [5.41, 5.74) is 0.322. The van der Waals surface area contributed by atoms with E-state index < -0.39 is 5.82 Å². The van der Waals surface area contributed by atoms with Gasteiger partial charge in [-0.1, -0.05) is 22.4 Å². The minimum atomic E-state index is -0.519. The molecule has 104 valence electrons. The molecule has 1 fully saturated rings. The SMILES string of the molecule is COc1ccc(C(=O)NCC2CCCC2Br)cc1F. The number of carbonyl (C=O) groups is 1. The average molecular weight is 330 g/mol. The van der Waals surface area contributed by atoms with Crippen LogP contribution in [0.3, 0.4) is 0 Å². The number of hydrogen-bond acceptors (Lipinski definition) is 2. The van der Waals surface area contributed by atoms with Crippen molar-refractivity contribution in [1.82, 2.24) is 5.32 Å². The van der Waals surface area contributed by atoms with Gasteiger partial charge in [0, 0.05) is 16.9 Å². The van der Waals surface area contributed by atoms with E-state index in [0.717, 1.165) is 12.8 Å². The molecule has 0 saturated heterocycles. The van der Waals surface area contributed by atoms with Gasteiger partial charge in [0.05, 0.1) is 7.11 Å². The first-order valence-corrected chi connectivity index (χ1v) is 7.29. The molecular weight excluding hydrogens is 313 g/mol. The van der Waals surface area contributed by atoms with E-state index in [1.54, 1.807) is 6.07 Å². The number of nitrogens with one attached hydrogen (secondary N) is 1. The highest BCUT2D eigenvalue weighted by Crippen LogP contribution is 2.30. The van der Waals surface area contributed by atoms with Crippen LogP contribution in [0.1, 0.15) is 29.6 Å². The number of methoxy groups -OCH3 is 1. The Balaban J connectivity index is 1.94. The summed E-state index contributed by atoms with van der Waals surface area (Å²) in [7, 11) is 1.40. The van der Waals surface area contributed by atoms with Crippen molar-refractivity contribution in [3.63, 3.8) is 0 Å². The molecule has 5 heteroatoms. The van der Waals surface area contributed by atoms with Crippen molar-refractivity contribution in [1.29, 1.82) is 0 Å². The summed E-state index contributed by atoms with van der Waals surface area (Å²) in [6.07, 6.45) is 3.46. The molecule has 2 atom stereocenters. The molecule has 3 nitrogen and oxygen atoms in total. The third-order valence-corrected chi connectivity index (χ3v) is 4.71. The molecule has 0 aliphatic heterocycles. The molecule has 0 aromatic heterocycles. The van der Waals surface area contributed by atoms with Crippen LogP contribution >= 0.6 is 15.9 Å². The molecule has 19 heavy (non-hydrogen) atoms. The lowest BCUT2D eigenvalue weighted by molar-refractivity contribution is 0.0947. The smallest absolute Gasteiger partial charge is 0.251 e. The molecule has 1 aromatic carbocycles. The predicted molar refractivity (Wildman–Crippen MR) is 75.3 cm³/mol. The van der Waals surface area contributed by atoms with Crippen molar-refractivity contribution in [2.45, 2.75) is 24.1 Å². The quantitative estimate of drug-likeness (QED) is 0.862. The van der Waals surface area contributed by atoms with Gasteiger partial charge in [-0.2, -0.15) is 0 Å². The van der Waals surface area contributed by atoms with Gasteiger partial charge in [-0.25, -0.2) is 4.39 Å². The summed E-state index contributed by atoms with van der Waals surface area (Å²) in [5, 5.41) is 2.86. The van der Waals surface area contributed by atoms with Crippen LogP contribution in [-0.2, 0) is 0 Å². The number of carbonyl (C=O) groups excluding carboxylic acids is 1. The molecule has 1 aliphatic carbocycles. The van der Waals surface area contributed by atoms with Crippen molar-refractivity contribution >= 4 is 21.8 Å². The Labute approximate surface area is 120 Å². The number of alkyl halides is 1. The third kappa shape index (κ3) is 3.47. The molecule has 0 radical (unpaired) electrons. The minimum absolute atomic E-state index is 0.146. The maximum absolute atomic E-state index is 13.5. The van der Waals surface area contributed by atoms with Crippen LogP contribution in [0.25, 0.3) is 0 Å². The van der Waals surface area contributed by atoms with E-state index in [9.17, 15) is 9.18 Å². The lowest BCUT2D eigenvalue weighted by Crippen LogP contribution is -2.31. The van der Waals surface area contributed by atoms with Gasteiger partial charge in [-0.3, -0.25) is 4.79 Å². The summed E-state index contributed by atoms with van der Waals surface area (Å²) in [6, 6.07) is 4.24. The molecule has 1 aliphatic rings. The number of halogens is 2. The molecule has 0 spiro atoms. The fourth-order valence-corrected chi connectivity index (χ4v) is 3.13. The zero-order chi connectivity index (χ0) is 13.8. The number of ether oxygens (including phenoxy) is 1. The fourth-order valence-electron chi connectivity index (χ4n) is 2.36. The molecule has 0 bridgehead atoms. The van der Waals surface area contributed by atoms with Gasteiger partial charge >= 0.3 is 0 Å². The van der Waals surface area contributed by atoms with Crippen LogP contribution in [0.5, 0.6) is 5.75 Å². The average Bonchev–Trinajstić information content (AvgIpc) is 2.81. The van der Waals surface area contributed by atoms with Crippen molar-refractivity contribution < 1.29 is 13.9 Å². The monoisotopic (exact) mass is 329 g/mol. The molecule has 1 amide bonds. The van der Waals surface area contributed by atoms with Gasteiger partial charge in [0.1, 0.15) is 0 Å². The highest BCUT2D eigenvalue weighted by atomic mass is 79.9. The first-order chi connectivity index (χ1) is 9.11. The molecular formula is C14H17BrFNO2. The first-order valence-electron chi connectivity index (χ1n) is 6.37. The van der Waals surface area contributed by atoms with E-state index >= 15 is 0 Å². The summed E-state index contributed by atoms with van der Waals surface area (Å²) in [5.74, 6) is -0.151. The number of hydrogen-bond donors (Lipinski definition) is 1. The van der Waals surface area contributed by atoms with Crippen LogP contribution in [-0.4, -0.2) is 24.4 Å². The summed E-state index contributed by atoms with van der Waals surface area (Å²) >= 11 is 3.61. The Kier molecular flexibility index (Phi) is 4.80. The van der Waals surface area contributed by atoms with E-state index in [0.29, 0.717) is 22.9 Å². The largest absolute Gasteiger partial charge is 0.494 e. The van der Waals surface area contributed by atoms with E-state index in [2.05, 4.69) is 21.2 Å².